The van der Waals surface area contributed by atoms with Crippen LogP contribution in [-0.4, -0.2) is 68.2 Å². The second-order valence-electron chi connectivity index (χ2n) is 6.41. The monoisotopic (exact) mass is 317 g/mol. The van der Waals surface area contributed by atoms with E-state index in [1.54, 1.807) is 11.0 Å². The van der Waals surface area contributed by atoms with Crippen LogP contribution < -0.4 is 5.32 Å². The molecule has 8 heteroatoms. The molecule has 1 saturated carbocycles. The highest BCUT2D eigenvalue weighted by molar-refractivity contribution is 5.82. The summed E-state index contributed by atoms with van der Waals surface area (Å²) in [6.45, 7) is 3.92. The highest BCUT2D eigenvalue weighted by atomic mass is 16.5. The summed E-state index contributed by atoms with van der Waals surface area (Å²) in [5.41, 5.74) is 1.52. The number of aromatic nitrogens is 5. The van der Waals surface area contributed by atoms with Crippen molar-refractivity contribution in [3.8, 4) is 0 Å². The lowest BCUT2D eigenvalue weighted by molar-refractivity contribution is 0.00791. The van der Waals surface area contributed by atoms with E-state index in [1.165, 1.54) is 25.7 Å². The first-order valence-corrected chi connectivity index (χ1v) is 8.40. The third-order valence-electron chi connectivity index (χ3n) is 5.00. The van der Waals surface area contributed by atoms with E-state index in [9.17, 15) is 0 Å². The van der Waals surface area contributed by atoms with Crippen molar-refractivity contribution in [3.05, 3.63) is 6.33 Å². The minimum absolute atomic E-state index is 0.459. The molecule has 0 atom stereocenters. The normalized spacial score (nSPS) is 26.5. The summed E-state index contributed by atoms with van der Waals surface area (Å²) in [7, 11) is 1.87. The van der Waals surface area contributed by atoms with Crippen LogP contribution in [0.3, 0.4) is 0 Å². The number of hydrogen-bond acceptors (Lipinski definition) is 7. The van der Waals surface area contributed by atoms with Crippen molar-refractivity contribution in [1.82, 2.24) is 29.9 Å². The van der Waals surface area contributed by atoms with Gasteiger partial charge < -0.3 is 10.1 Å². The first-order chi connectivity index (χ1) is 11.3. The molecule has 2 aromatic heterocycles. The molecule has 0 bridgehead atoms. The number of rotatable bonds is 3. The molecule has 4 rings (SSSR count). The minimum Gasteiger partial charge on any atom is -0.379 e. The number of morpholine rings is 1. The molecule has 124 valence electrons. The Labute approximate surface area is 135 Å². The van der Waals surface area contributed by atoms with Gasteiger partial charge in [-0.25, -0.2) is 14.6 Å². The predicted octanol–water partition coefficient (Wildman–Crippen LogP) is 0.814. The Balaban J connectivity index is 1.40. The number of hydrogen-bond donors (Lipinski definition) is 1. The molecule has 0 aromatic carbocycles. The summed E-state index contributed by atoms with van der Waals surface area (Å²) in [6, 6.07) is 1.17. The lowest BCUT2D eigenvalue weighted by Crippen LogP contribution is -2.46. The van der Waals surface area contributed by atoms with Crippen LogP contribution in [0.1, 0.15) is 25.7 Å². The van der Waals surface area contributed by atoms with Crippen LogP contribution in [0.5, 0.6) is 0 Å². The molecule has 23 heavy (non-hydrogen) atoms. The van der Waals surface area contributed by atoms with Gasteiger partial charge in [0.05, 0.1) is 13.2 Å². The van der Waals surface area contributed by atoms with Crippen molar-refractivity contribution < 1.29 is 4.74 Å². The van der Waals surface area contributed by atoms with Gasteiger partial charge in [0.2, 0.25) is 5.65 Å². The molecular formula is C15H23N7O. The number of nitrogens with one attached hydrogen (secondary N) is 1. The number of ether oxygens (including phenoxy) is 1. The molecule has 1 aliphatic carbocycles. The molecule has 0 amide bonds. The Morgan fingerprint density at radius 3 is 2.70 bits per heavy atom. The smallest absolute Gasteiger partial charge is 0.207 e. The van der Waals surface area contributed by atoms with Gasteiger partial charge in [-0.1, -0.05) is 5.21 Å². The summed E-state index contributed by atoms with van der Waals surface area (Å²) in [4.78, 5) is 11.1. The maximum Gasteiger partial charge on any atom is 0.207 e. The van der Waals surface area contributed by atoms with Gasteiger partial charge in [-0.3, -0.25) is 4.90 Å². The lowest BCUT2D eigenvalue weighted by Gasteiger charge is -2.39. The van der Waals surface area contributed by atoms with Gasteiger partial charge in [0.25, 0.3) is 0 Å². The predicted molar refractivity (Wildman–Crippen MR) is 86.2 cm³/mol. The van der Waals surface area contributed by atoms with E-state index in [1.807, 2.05) is 7.05 Å². The average molecular weight is 317 g/mol. The first kappa shape index (κ1) is 14.8. The van der Waals surface area contributed by atoms with E-state index in [2.05, 4.69) is 30.5 Å². The fourth-order valence-corrected chi connectivity index (χ4v) is 3.72. The van der Waals surface area contributed by atoms with Crippen molar-refractivity contribution in [2.75, 3.05) is 31.6 Å². The quantitative estimate of drug-likeness (QED) is 0.897. The maximum atomic E-state index is 5.45. The third-order valence-corrected chi connectivity index (χ3v) is 5.00. The zero-order chi connectivity index (χ0) is 15.6. The van der Waals surface area contributed by atoms with Gasteiger partial charge in [-0.15, -0.1) is 5.10 Å². The average Bonchev–Trinajstić information content (AvgIpc) is 2.99. The van der Waals surface area contributed by atoms with Gasteiger partial charge in [0, 0.05) is 32.2 Å². The zero-order valence-electron chi connectivity index (χ0n) is 13.5. The van der Waals surface area contributed by atoms with Crippen molar-refractivity contribution in [2.24, 2.45) is 7.05 Å². The summed E-state index contributed by atoms with van der Waals surface area (Å²) in [5, 5.41) is 11.7. The summed E-state index contributed by atoms with van der Waals surface area (Å²) < 4.78 is 7.19. The third kappa shape index (κ3) is 3.00. The van der Waals surface area contributed by atoms with Crippen molar-refractivity contribution in [1.29, 1.82) is 0 Å². The zero-order valence-corrected chi connectivity index (χ0v) is 13.5. The Morgan fingerprint density at radius 1 is 1.13 bits per heavy atom. The largest absolute Gasteiger partial charge is 0.379 e. The fraction of sp³-hybridized carbons (Fsp3) is 0.733. The molecule has 3 heterocycles. The topological polar surface area (TPSA) is 81.0 Å². The van der Waals surface area contributed by atoms with E-state index in [-0.39, 0.29) is 0 Å². The number of fused-ring (bicyclic) bond motifs is 1. The maximum absolute atomic E-state index is 5.45. The molecule has 1 saturated heterocycles. The molecule has 8 nitrogen and oxygen atoms in total. The van der Waals surface area contributed by atoms with Crippen LogP contribution in [-0.2, 0) is 11.8 Å². The van der Waals surface area contributed by atoms with Gasteiger partial charge >= 0.3 is 0 Å². The Morgan fingerprint density at radius 2 is 1.91 bits per heavy atom. The molecule has 1 aliphatic heterocycles. The molecule has 2 aromatic rings. The molecule has 2 fully saturated rings. The van der Waals surface area contributed by atoms with E-state index < -0.39 is 0 Å². The van der Waals surface area contributed by atoms with Crippen molar-refractivity contribution in [3.63, 3.8) is 0 Å². The van der Waals surface area contributed by atoms with Crippen LogP contribution in [0, 0.1) is 0 Å². The van der Waals surface area contributed by atoms with Crippen LogP contribution in [0.15, 0.2) is 6.33 Å². The van der Waals surface area contributed by atoms with E-state index >= 15 is 0 Å². The highest BCUT2D eigenvalue weighted by Gasteiger charge is 2.27. The second-order valence-corrected chi connectivity index (χ2v) is 6.41. The Bertz CT molecular complexity index is 659. The Hall–Kier alpha value is -1.80. The molecular weight excluding hydrogens is 294 g/mol. The highest BCUT2D eigenvalue weighted by Crippen LogP contribution is 2.27. The summed E-state index contributed by atoms with van der Waals surface area (Å²) in [5.74, 6) is 0.845. The van der Waals surface area contributed by atoms with Crippen molar-refractivity contribution in [2.45, 2.75) is 37.8 Å². The second kappa shape index (κ2) is 6.37. The molecule has 0 spiro atoms. The van der Waals surface area contributed by atoms with E-state index in [0.717, 1.165) is 37.6 Å². The van der Waals surface area contributed by atoms with E-state index in [0.29, 0.717) is 17.7 Å². The summed E-state index contributed by atoms with van der Waals surface area (Å²) in [6.07, 6.45) is 6.35. The fourth-order valence-electron chi connectivity index (χ4n) is 3.72. The SMILES string of the molecule is Cn1nnc2ncnc(N[C@H]3CC[C@H](N4CCOCC4)CC3)c21. The van der Waals surface area contributed by atoms with Crippen LogP contribution in [0.25, 0.3) is 11.2 Å². The summed E-state index contributed by atoms with van der Waals surface area (Å²) >= 11 is 0. The number of aryl methyl sites for hydroxylation is 1. The standard InChI is InChI=1S/C15H23N7O/c1-21-13-14(16-10-17-15(13)19-20-21)18-11-2-4-12(5-3-11)22-6-8-23-9-7-22/h10-12H,2-9H2,1H3,(H,16,17,18)/t11-,12-. The van der Waals surface area contributed by atoms with Gasteiger partial charge in [-0.2, -0.15) is 0 Å². The molecule has 1 N–H and O–H groups in total. The van der Waals surface area contributed by atoms with Crippen LogP contribution >= 0.6 is 0 Å². The van der Waals surface area contributed by atoms with E-state index in [4.69, 9.17) is 4.74 Å². The first-order valence-electron chi connectivity index (χ1n) is 8.40. The van der Waals surface area contributed by atoms with Crippen LogP contribution in [0.2, 0.25) is 0 Å². The Kier molecular flexibility index (Phi) is 4.09. The van der Waals surface area contributed by atoms with Crippen LogP contribution in [0.4, 0.5) is 5.82 Å². The molecule has 0 unspecified atom stereocenters. The molecule has 0 radical (unpaired) electrons. The van der Waals surface area contributed by atoms with Crippen molar-refractivity contribution >= 4 is 17.0 Å². The van der Waals surface area contributed by atoms with Gasteiger partial charge in [0.1, 0.15) is 11.8 Å². The lowest BCUT2D eigenvalue weighted by atomic mass is 9.90. The van der Waals surface area contributed by atoms with Gasteiger partial charge in [0.15, 0.2) is 5.82 Å². The molecule has 2 aliphatic rings. The minimum atomic E-state index is 0.459. The number of nitrogens with zero attached hydrogens (tertiary/aromatic N) is 6. The van der Waals surface area contributed by atoms with Gasteiger partial charge in [-0.05, 0) is 25.7 Å². The number of anilines is 1.